The molecule has 6 nitrogen and oxygen atoms in total. The van der Waals surface area contributed by atoms with Crippen molar-refractivity contribution in [3.05, 3.63) is 54.1 Å². The van der Waals surface area contributed by atoms with Gasteiger partial charge in [0.05, 0.1) is 17.7 Å². The van der Waals surface area contributed by atoms with Crippen LogP contribution in [-0.4, -0.2) is 33.1 Å². The van der Waals surface area contributed by atoms with Crippen molar-refractivity contribution in [2.75, 3.05) is 18.0 Å². The van der Waals surface area contributed by atoms with Crippen molar-refractivity contribution >= 4 is 21.7 Å². The summed E-state index contributed by atoms with van der Waals surface area (Å²) in [6.45, 7) is 1.94. The SMILES string of the molecule is CCN(c1ccccc1)S(=O)(=O)c1ccc(OC)c(C(=O)O)c1. The monoisotopic (exact) mass is 335 g/mol. The van der Waals surface area contributed by atoms with Crippen LogP contribution in [0.1, 0.15) is 17.3 Å². The molecule has 0 heterocycles. The summed E-state index contributed by atoms with van der Waals surface area (Å²) in [5, 5.41) is 9.21. The van der Waals surface area contributed by atoms with E-state index >= 15 is 0 Å². The quantitative estimate of drug-likeness (QED) is 0.877. The second-order valence-corrected chi connectivity index (χ2v) is 6.53. The molecule has 1 N–H and O–H groups in total. The first-order valence-electron chi connectivity index (χ1n) is 6.91. The number of nitrogens with zero attached hydrogens (tertiary/aromatic N) is 1. The molecule has 23 heavy (non-hydrogen) atoms. The minimum atomic E-state index is -3.87. The van der Waals surface area contributed by atoms with Crippen LogP contribution in [0.5, 0.6) is 5.75 Å². The maximum Gasteiger partial charge on any atom is 0.339 e. The highest BCUT2D eigenvalue weighted by Crippen LogP contribution is 2.27. The number of carbonyl (C=O) groups is 1. The summed E-state index contributed by atoms with van der Waals surface area (Å²) in [5.41, 5.74) is 0.320. The van der Waals surface area contributed by atoms with Gasteiger partial charge in [0.1, 0.15) is 11.3 Å². The number of sulfonamides is 1. The van der Waals surface area contributed by atoms with Gasteiger partial charge in [0, 0.05) is 6.54 Å². The highest BCUT2D eigenvalue weighted by atomic mass is 32.2. The molecule has 2 rings (SSSR count). The van der Waals surface area contributed by atoms with Crippen molar-refractivity contribution in [3.8, 4) is 5.75 Å². The predicted molar refractivity (Wildman–Crippen MR) is 86.6 cm³/mol. The van der Waals surface area contributed by atoms with Gasteiger partial charge in [-0.1, -0.05) is 18.2 Å². The topological polar surface area (TPSA) is 83.9 Å². The Bertz CT molecular complexity index is 802. The summed E-state index contributed by atoms with van der Waals surface area (Å²) < 4.78 is 31.8. The van der Waals surface area contributed by atoms with Gasteiger partial charge in [-0.3, -0.25) is 4.31 Å². The zero-order valence-electron chi connectivity index (χ0n) is 12.8. The number of para-hydroxylation sites is 1. The summed E-state index contributed by atoms with van der Waals surface area (Å²) in [6.07, 6.45) is 0. The first-order chi connectivity index (χ1) is 10.9. The Morgan fingerprint density at radius 3 is 2.35 bits per heavy atom. The van der Waals surface area contributed by atoms with Crippen LogP contribution in [0.2, 0.25) is 0 Å². The van der Waals surface area contributed by atoms with E-state index in [-0.39, 0.29) is 22.8 Å². The third kappa shape index (κ3) is 3.29. The van der Waals surface area contributed by atoms with Crippen molar-refractivity contribution in [3.63, 3.8) is 0 Å². The fourth-order valence-electron chi connectivity index (χ4n) is 2.23. The average molecular weight is 335 g/mol. The van der Waals surface area contributed by atoms with E-state index in [0.29, 0.717) is 5.69 Å². The molecule has 0 spiro atoms. The van der Waals surface area contributed by atoms with E-state index in [1.165, 1.54) is 23.5 Å². The van der Waals surface area contributed by atoms with Crippen LogP contribution < -0.4 is 9.04 Å². The van der Waals surface area contributed by atoms with Gasteiger partial charge < -0.3 is 9.84 Å². The largest absolute Gasteiger partial charge is 0.496 e. The van der Waals surface area contributed by atoms with E-state index in [0.717, 1.165) is 6.07 Å². The Hall–Kier alpha value is -2.54. The molecule has 0 radical (unpaired) electrons. The molecular formula is C16H17NO5S. The minimum Gasteiger partial charge on any atom is -0.496 e. The Balaban J connectivity index is 2.55. The van der Waals surface area contributed by atoms with Gasteiger partial charge in [0.25, 0.3) is 10.0 Å². The van der Waals surface area contributed by atoms with Crippen LogP contribution in [0, 0.1) is 0 Å². The molecule has 0 fully saturated rings. The van der Waals surface area contributed by atoms with Gasteiger partial charge in [0.15, 0.2) is 0 Å². The second kappa shape index (κ2) is 6.70. The predicted octanol–water partition coefficient (Wildman–Crippen LogP) is 2.61. The number of carboxylic acids is 1. The molecule has 0 unspecified atom stereocenters. The Labute approximate surface area is 135 Å². The van der Waals surface area contributed by atoms with Crippen LogP contribution in [-0.2, 0) is 10.0 Å². The van der Waals surface area contributed by atoms with Crippen LogP contribution in [0.3, 0.4) is 0 Å². The van der Waals surface area contributed by atoms with E-state index in [4.69, 9.17) is 4.74 Å². The molecule has 0 saturated carbocycles. The van der Waals surface area contributed by atoms with E-state index in [1.807, 2.05) is 0 Å². The number of anilines is 1. The highest BCUT2D eigenvalue weighted by Gasteiger charge is 2.25. The number of ether oxygens (including phenoxy) is 1. The van der Waals surface area contributed by atoms with Gasteiger partial charge >= 0.3 is 5.97 Å². The van der Waals surface area contributed by atoms with E-state index in [2.05, 4.69) is 0 Å². The molecule has 2 aromatic rings. The van der Waals surface area contributed by atoms with Gasteiger partial charge in [0.2, 0.25) is 0 Å². The molecule has 0 saturated heterocycles. The second-order valence-electron chi connectivity index (χ2n) is 4.67. The zero-order valence-corrected chi connectivity index (χ0v) is 13.6. The van der Waals surface area contributed by atoms with Crippen molar-refractivity contribution in [2.45, 2.75) is 11.8 Å². The smallest absolute Gasteiger partial charge is 0.339 e. The highest BCUT2D eigenvalue weighted by molar-refractivity contribution is 7.92. The molecule has 7 heteroatoms. The third-order valence-corrected chi connectivity index (χ3v) is 5.22. The van der Waals surface area contributed by atoms with Crippen molar-refractivity contribution < 1.29 is 23.1 Å². The van der Waals surface area contributed by atoms with Gasteiger partial charge in [-0.05, 0) is 37.3 Å². The molecule has 0 aromatic heterocycles. The number of aromatic carboxylic acids is 1. The van der Waals surface area contributed by atoms with Crippen molar-refractivity contribution in [2.24, 2.45) is 0 Å². The van der Waals surface area contributed by atoms with Gasteiger partial charge in [-0.2, -0.15) is 0 Å². The van der Waals surface area contributed by atoms with Crippen LogP contribution >= 0.6 is 0 Å². The normalized spacial score (nSPS) is 11.0. The maximum absolute atomic E-state index is 12.8. The van der Waals surface area contributed by atoms with Gasteiger partial charge in [-0.15, -0.1) is 0 Å². The van der Waals surface area contributed by atoms with Crippen molar-refractivity contribution in [1.29, 1.82) is 0 Å². The number of carboxylic acid groups (broad SMARTS) is 1. The molecule has 0 aliphatic heterocycles. The number of rotatable bonds is 6. The number of hydrogen-bond acceptors (Lipinski definition) is 4. The fourth-order valence-corrected chi connectivity index (χ4v) is 3.73. The summed E-state index contributed by atoms with van der Waals surface area (Å²) in [6, 6.07) is 12.4. The minimum absolute atomic E-state index is 0.0959. The average Bonchev–Trinajstić information content (AvgIpc) is 2.55. The molecule has 122 valence electrons. The molecule has 0 aliphatic carbocycles. The molecule has 2 aromatic carbocycles. The number of methoxy groups -OCH3 is 1. The summed E-state index contributed by atoms with van der Waals surface area (Å²) in [5.74, 6) is -1.14. The molecule has 0 atom stereocenters. The van der Waals surface area contributed by atoms with Crippen LogP contribution in [0.25, 0.3) is 0 Å². The lowest BCUT2D eigenvalue weighted by molar-refractivity contribution is 0.0693. The van der Waals surface area contributed by atoms with Crippen LogP contribution in [0.4, 0.5) is 5.69 Å². The lowest BCUT2D eigenvalue weighted by Gasteiger charge is -2.23. The first kappa shape index (κ1) is 16.8. The zero-order chi connectivity index (χ0) is 17.0. The Morgan fingerprint density at radius 1 is 1.17 bits per heavy atom. The Morgan fingerprint density at radius 2 is 1.83 bits per heavy atom. The molecular weight excluding hydrogens is 318 g/mol. The lowest BCUT2D eigenvalue weighted by Crippen LogP contribution is -2.30. The van der Waals surface area contributed by atoms with E-state index in [9.17, 15) is 18.3 Å². The number of benzene rings is 2. The summed E-state index contributed by atoms with van der Waals surface area (Å²) in [7, 11) is -2.54. The van der Waals surface area contributed by atoms with Crippen LogP contribution in [0.15, 0.2) is 53.4 Å². The standard InChI is InChI=1S/C16H17NO5S/c1-3-17(12-7-5-4-6-8-12)23(20,21)13-9-10-15(22-2)14(11-13)16(18)19/h4-11H,3H2,1-2H3,(H,18,19). The molecule has 0 aliphatic rings. The number of hydrogen-bond donors (Lipinski definition) is 1. The van der Waals surface area contributed by atoms with Gasteiger partial charge in [-0.25, -0.2) is 13.2 Å². The maximum atomic E-state index is 12.8. The molecule has 0 amide bonds. The summed E-state index contributed by atoms with van der Waals surface area (Å²) in [4.78, 5) is 11.2. The van der Waals surface area contributed by atoms with E-state index in [1.54, 1.807) is 37.3 Å². The molecule has 0 bridgehead atoms. The third-order valence-electron chi connectivity index (χ3n) is 3.32. The fraction of sp³-hybridized carbons (Fsp3) is 0.188. The Kier molecular flexibility index (Phi) is 4.90. The summed E-state index contributed by atoms with van der Waals surface area (Å²) >= 11 is 0. The van der Waals surface area contributed by atoms with Crippen molar-refractivity contribution in [1.82, 2.24) is 0 Å². The lowest BCUT2D eigenvalue weighted by atomic mass is 10.2. The first-order valence-corrected chi connectivity index (χ1v) is 8.35. The van der Waals surface area contributed by atoms with E-state index < -0.39 is 16.0 Å².